The Bertz CT molecular complexity index is 184. The van der Waals surface area contributed by atoms with Crippen molar-refractivity contribution >= 4 is 0 Å². The largest absolute Gasteiger partial charge is 0.0591 e. The fourth-order valence-electron chi connectivity index (χ4n) is 4.48. The van der Waals surface area contributed by atoms with Crippen LogP contribution in [0.1, 0.15) is 45.4 Å². The molecule has 0 saturated heterocycles. The van der Waals surface area contributed by atoms with Crippen molar-refractivity contribution in [2.75, 3.05) is 0 Å². The summed E-state index contributed by atoms with van der Waals surface area (Å²) in [6, 6.07) is 0. The average molecular weight is 150 g/mol. The second kappa shape index (κ2) is 1.84. The van der Waals surface area contributed by atoms with Crippen LogP contribution >= 0.6 is 0 Å². The predicted molar refractivity (Wildman–Crippen MR) is 46.3 cm³/mol. The molecule has 0 spiro atoms. The Morgan fingerprint density at radius 2 is 2.09 bits per heavy atom. The number of hydrogen-bond acceptors (Lipinski definition) is 0. The highest BCUT2D eigenvalue weighted by Gasteiger charge is 2.56. The van der Waals surface area contributed by atoms with E-state index in [0.29, 0.717) is 0 Å². The van der Waals surface area contributed by atoms with Gasteiger partial charge >= 0.3 is 0 Å². The van der Waals surface area contributed by atoms with E-state index in [1.807, 2.05) is 0 Å². The van der Waals surface area contributed by atoms with Crippen molar-refractivity contribution in [3.63, 3.8) is 0 Å². The van der Waals surface area contributed by atoms with E-state index in [4.69, 9.17) is 0 Å². The summed E-state index contributed by atoms with van der Waals surface area (Å²) in [6.45, 7) is 2.58. The standard InChI is InChI=1S/C11H18/c1-11-6-2-3-10(11)8-4-5-9(11)7-8/h8-10H,2-7H2,1H3/t8-,9+,10-,11-/m1/s1. The third-order valence-corrected chi connectivity index (χ3v) is 5.05. The van der Waals surface area contributed by atoms with Gasteiger partial charge < -0.3 is 0 Å². The average Bonchev–Trinajstić information content (AvgIpc) is 2.54. The van der Waals surface area contributed by atoms with Crippen molar-refractivity contribution in [1.82, 2.24) is 0 Å². The zero-order chi connectivity index (χ0) is 7.47. The van der Waals surface area contributed by atoms with Gasteiger partial charge in [-0.25, -0.2) is 0 Å². The smallest absolute Gasteiger partial charge is 0.0266 e. The van der Waals surface area contributed by atoms with Gasteiger partial charge in [0.15, 0.2) is 0 Å². The van der Waals surface area contributed by atoms with E-state index < -0.39 is 0 Å². The van der Waals surface area contributed by atoms with Gasteiger partial charge in [0.25, 0.3) is 0 Å². The third kappa shape index (κ3) is 0.625. The minimum Gasteiger partial charge on any atom is -0.0591 e. The van der Waals surface area contributed by atoms with Gasteiger partial charge in [-0.2, -0.15) is 0 Å². The van der Waals surface area contributed by atoms with Crippen molar-refractivity contribution in [3.05, 3.63) is 0 Å². The van der Waals surface area contributed by atoms with Crippen molar-refractivity contribution in [2.24, 2.45) is 23.2 Å². The highest BCUT2D eigenvalue weighted by Crippen LogP contribution is 2.65. The van der Waals surface area contributed by atoms with E-state index >= 15 is 0 Å². The molecule has 11 heavy (non-hydrogen) atoms. The monoisotopic (exact) mass is 150 g/mol. The molecule has 0 nitrogen and oxygen atoms in total. The SMILES string of the molecule is C[C@]12CCC[C@@H]1[C@@H]1CC[C@H]2C1. The van der Waals surface area contributed by atoms with Gasteiger partial charge in [0.1, 0.15) is 0 Å². The van der Waals surface area contributed by atoms with Crippen LogP contribution in [0.3, 0.4) is 0 Å². The molecule has 3 aliphatic carbocycles. The van der Waals surface area contributed by atoms with Gasteiger partial charge in [-0.05, 0) is 55.3 Å². The molecule has 2 bridgehead atoms. The summed E-state index contributed by atoms with van der Waals surface area (Å²) < 4.78 is 0. The summed E-state index contributed by atoms with van der Waals surface area (Å²) in [4.78, 5) is 0. The summed E-state index contributed by atoms with van der Waals surface area (Å²) in [5, 5.41) is 0. The van der Waals surface area contributed by atoms with Crippen LogP contribution in [0.2, 0.25) is 0 Å². The van der Waals surface area contributed by atoms with Crippen LogP contribution in [0.15, 0.2) is 0 Å². The van der Waals surface area contributed by atoms with Crippen LogP contribution in [0, 0.1) is 23.2 Å². The van der Waals surface area contributed by atoms with E-state index in [1.165, 1.54) is 6.42 Å². The first-order chi connectivity index (χ1) is 5.31. The molecule has 3 fully saturated rings. The Kier molecular flexibility index (Phi) is 1.09. The first-order valence-corrected chi connectivity index (χ1v) is 5.31. The van der Waals surface area contributed by atoms with Crippen LogP contribution in [0.4, 0.5) is 0 Å². The lowest BCUT2D eigenvalue weighted by molar-refractivity contribution is 0.135. The van der Waals surface area contributed by atoms with E-state index in [0.717, 1.165) is 23.2 Å². The Labute approximate surface area is 69.4 Å². The highest BCUT2D eigenvalue weighted by atomic mass is 14.6. The van der Waals surface area contributed by atoms with E-state index in [-0.39, 0.29) is 0 Å². The molecule has 3 aliphatic rings. The molecule has 0 unspecified atom stereocenters. The molecule has 4 atom stereocenters. The lowest BCUT2D eigenvalue weighted by Crippen LogP contribution is -2.28. The quantitative estimate of drug-likeness (QED) is 0.497. The lowest BCUT2D eigenvalue weighted by Gasteiger charge is -2.35. The Morgan fingerprint density at radius 1 is 1.18 bits per heavy atom. The highest BCUT2D eigenvalue weighted by molar-refractivity contribution is 5.06. The summed E-state index contributed by atoms with van der Waals surface area (Å²) in [5.74, 6) is 3.45. The van der Waals surface area contributed by atoms with Crippen molar-refractivity contribution in [3.8, 4) is 0 Å². The van der Waals surface area contributed by atoms with Gasteiger partial charge in [0.2, 0.25) is 0 Å². The molecular weight excluding hydrogens is 132 g/mol. The molecule has 3 saturated carbocycles. The molecule has 0 heterocycles. The van der Waals surface area contributed by atoms with Crippen LogP contribution in [-0.2, 0) is 0 Å². The summed E-state index contributed by atoms with van der Waals surface area (Å²) in [5.41, 5.74) is 0.822. The number of hydrogen-bond donors (Lipinski definition) is 0. The van der Waals surface area contributed by atoms with Crippen molar-refractivity contribution in [2.45, 2.75) is 45.4 Å². The first kappa shape index (κ1) is 6.51. The maximum Gasteiger partial charge on any atom is -0.0266 e. The van der Waals surface area contributed by atoms with Gasteiger partial charge in [-0.3, -0.25) is 0 Å². The normalized spacial score (nSPS) is 60.3. The molecule has 0 aromatic carbocycles. The van der Waals surface area contributed by atoms with Crippen LogP contribution < -0.4 is 0 Å². The Balaban J connectivity index is 2.00. The second-order valence-corrected chi connectivity index (χ2v) is 5.27. The Morgan fingerprint density at radius 3 is 2.91 bits per heavy atom. The van der Waals surface area contributed by atoms with E-state index in [9.17, 15) is 0 Å². The predicted octanol–water partition coefficient (Wildman–Crippen LogP) is 3.22. The number of rotatable bonds is 0. The Hall–Kier alpha value is 0. The fourth-order valence-corrected chi connectivity index (χ4v) is 4.48. The van der Waals surface area contributed by atoms with Crippen molar-refractivity contribution < 1.29 is 0 Å². The summed E-state index contributed by atoms with van der Waals surface area (Å²) in [7, 11) is 0. The summed E-state index contributed by atoms with van der Waals surface area (Å²) in [6.07, 6.45) is 9.40. The zero-order valence-corrected chi connectivity index (χ0v) is 7.47. The van der Waals surface area contributed by atoms with E-state index in [1.54, 1.807) is 32.1 Å². The van der Waals surface area contributed by atoms with Gasteiger partial charge in [0.05, 0.1) is 0 Å². The van der Waals surface area contributed by atoms with Crippen molar-refractivity contribution in [1.29, 1.82) is 0 Å². The maximum absolute atomic E-state index is 2.58. The number of fused-ring (bicyclic) bond motifs is 5. The molecule has 0 radical (unpaired) electrons. The van der Waals surface area contributed by atoms with Gasteiger partial charge in [-0.1, -0.05) is 13.3 Å². The molecule has 0 aromatic heterocycles. The molecule has 0 amide bonds. The van der Waals surface area contributed by atoms with E-state index in [2.05, 4.69) is 6.92 Å². The first-order valence-electron chi connectivity index (χ1n) is 5.31. The topological polar surface area (TPSA) is 0 Å². The molecule has 0 N–H and O–H groups in total. The molecule has 3 rings (SSSR count). The van der Waals surface area contributed by atoms with Gasteiger partial charge in [0, 0.05) is 0 Å². The summed E-state index contributed by atoms with van der Waals surface area (Å²) >= 11 is 0. The molecular formula is C11H18. The molecule has 0 aliphatic heterocycles. The fraction of sp³-hybridized carbons (Fsp3) is 1.00. The molecule has 0 heteroatoms. The van der Waals surface area contributed by atoms with Gasteiger partial charge in [-0.15, -0.1) is 0 Å². The molecule has 62 valence electrons. The van der Waals surface area contributed by atoms with Crippen LogP contribution in [0.5, 0.6) is 0 Å². The zero-order valence-electron chi connectivity index (χ0n) is 7.47. The maximum atomic E-state index is 2.58. The van der Waals surface area contributed by atoms with Crippen LogP contribution in [0.25, 0.3) is 0 Å². The lowest BCUT2D eigenvalue weighted by atomic mass is 9.69. The molecule has 0 aromatic rings. The minimum absolute atomic E-state index is 0.822. The minimum atomic E-state index is 0.822. The van der Waals surface area contributed by atoms with Crippen LogP contribution in [-0.4, -0.2) is 0 Å². The second-order valence-electron chi connectivity index (χ2n) is 5.27. The third-order valence-electron chi connectivity index (χ3n) is 5.05.